The highest BCUT2D eigenvalue weighted by atomic mass is 16.5. The summed E-state index contributed by atoms with van der Waals surface area (Å²) in [5.41, 5.74) is 2.42. The van der Waals surface area contributed by atoms with Crippen molar-refractivity contribution in [3.05, 3.63) is 59.9 Å². The predicted octanol–water partition coefficient (Wildman–Crippen LogP) is 2.73. The molecule has 0 saturated carbocycles. The Morgan fingerprint density at radius 1 is 1.19 bits per heavy atom. The van der Waals surface area contributed by atoms with Crippen molar-refractivity contribution >= 4 is 0 Å². The van der Waals surface area contributed by atoms with Crippen LogP contribution in [0, 0.1) is 6.92 Å². The van der Waals surface area contributed by atoms with Crippen LogP contribution in [-0.4, -0.2) is 65.3 Å². The fourth-order valence-electron chi connectivity index (χ4n) is 3.70. The third-order valence-electron chi connectivity index (χ3n) is 5.36. The Labute approximate surface area is 162 Å². The molecule has 2 heterocycles. The molecule has 1 N–H and O–H groups in total. The number of rotatable bonds is 8. The molecule has 1 aliphatic heterocycles. The van der Waals surface area contributed by atoms with Crippen molar-refractivity contribution in [3.8, 4) is 5.75 Å². The number of aliphatic hydroxyl groups is 1. The van der Waals surface area contributed by atoms with Crippen LogP contribution in [0.15, 0.2) is 48.8 Å². The smallest absolute Gasteiger partial charge is 0.122 e. The number of piperidine rings is 1. The van der Waals surface area contributed by atoms with Crippen LogP contribution in [0.1, 0.15) is 24.0 Å². The summed E-state index contributed by atoms with van der Waals surface area (Å²) in [6.07, 6.45) is 5.50. The number of aliphatic hydroxyl groups excluding tert-OH is 1. The molecule has 2 aromatic rings. The summed E-state index contributed by atoms with van der Waals surface area (Å²) < 4.78 is 5.78. The van der Waals surface area contributed by atoms with Crippen molar-refractivity contribution in [1.82, 2.24) is 14.8 Å². The Bertz CT molecular complexity index is 687. The molecule has 3 rings (SSSR count). The number of likely N-dealkylation sites (N-methyl/N-ethyl adjacent to an activating group) is 1. The SMILES string of the molecule is Cc1ccccc1OC[C@@H](O)CN(C)C1CCN(Cc2ccncc2)CC1. The molecule has 0 bridgehead atoms. The van der Waals surface area contributed by atoms with Gasteiger partial charge in [-0.2, -0.15) is 0 Å². The number of benzene rings is 1. The minimum absolute atomic E-state index is 0.329. The van der Waals surface area contributed by atoms with E-state index in [-0.39, 0.29) is 0 Å². The number of aromatic nitrogens is 1. The number of nitrogens with zero attached hydrogens (tertiary/aromatic N) is 3. The lowest BCUT2D eigenvalue weighted by Gasteiger charge is -2.37. The minimum atomic E-state index is -0.482. The van der Waals surface area contributed by atoms with E-state index in [1.54, 1.807) is 0 Å². The zero-order valence-electron chi connectivity index (χ0n) is 16.4. The van der Waals surface area contributed by atoms with Crippen LogP contribution < -0.4 is 4.74 Å². The van der Waals surface area contributed by atoms with Gasteiger partial charge in [0.2, 0.25) is 0 Å². The second-order valence-electron chi connectivity index (χ2n) is 7.53. The van der Waals surface area contributed by atoms with E-state index < -0.39 is 6.10 Å². The van der Waals surface area contributed by atoms with Crippen LogP contribution in [-0.2, 0) is 6.54 Å². The van der Waals surface area contributed by atoms with E-state index >= 15 is 0 Å². The highest BCUT2D eigenvalue weighted by Crippen LogP contribution is 2.19. The summed E-state index contributed by atoms with van der Waals surface area (Å²) in [7, 11) is 2.11. The molecule has 146 valence electrons. The maximum absolute atomic E-state index is 10.4. The Hall–Kier alpha value is -1.95. The first kappa shape index (κ1) is 19.8. The predicted molar refractivity (Wildman–Crippen MR) is 108 cm³/mol. The maximum atomic E-state index is 10.4. The summed E-state index contributed by atoms with van der Waals surface area (Å²) in [6.45, 7) is 6.16. The maximum Gasteiger partial charge on any atom is 0.122 e. The molecule has 0 spiro atoms. The molecule has 1 saturated heterocycles. The monoisotopic (exact) mass is 369 g/mol. The summed E-state index contributed by atoms with van der Waals surface area (Å²) in [6, 6.07) is 12.6. The van der Waals surface area contributed by atoms with Gasteiger partial charge in [0.15, 0.2) is 0 Å². The molecule has 0 aliphatic carbocycles. The van der Waals surface area contributed by atoms with Gasteiger partial charge in [0.05, 0.1) is 0 Å². The highest BCUT2D eigenvalue weighted by Gasteiger charge is 2.24. The zero-order chi connectivity index (χ0) is 19.1. The van der Waals surface area contributed by atoms with Gasteiger partial charge in [-0.25, -0.2) is 0 Å². The Kier molecular flexibility index (Phi) is 7.21. The van der Waals surface area contributed by atoms with Crippen LogP contribution in [0.3, 0.4) is 0 Å². The molecule has 0 amide bonds. The molecule has 0 radical (unpaired) electrons. The van der Waals surface area contributed by atoms with Crippen molar-refractivity contribution in [3.63, 3.8) is 0 Å². The lowest BCUT2D eigenvalue weighted by atomic mass is 10.0. The van der Waals surface area contributed by atoms with Gasteiger partial charge < -0.3 is 14.7 Å². The second kappa shape index (κ2) is 9.83. The molecule has 1 fully saturated rings. The largest absolute Gasteiger partial charge is 0.491 e. The second-order valence-corrected chi connectivity index (χ2v) is 7.53. The van der Waals surface area contributed by atoms with Gasteiger partial charge in [0.25, 0.3) is 0 Å². The first-order chi connectivity index (χ1) is 13.1. The molecule has 5 nitrogen and oxygen atoms in total. The van der Waals surface area contributed by atoms with Crippen LogP contribution in [0.25, 0.3) is 0 Å². The zero-order valence-corrected chi connectivity index (χ0v) is 16.4. The highest BCUT2D eigenvalue weighted by molar-refractivity contribution is 5.31. The number of para-hydroxylation sites is 1. The van der Waals surface area contributed by atoms with E-state index in [4.69, 9.17) is 4.74 Å². The third-order valence-corrected chi connectivity index (χ3v) is 5.36. The van der Waals surface area contributed by atoms with E-state index in [1.807, 2.05) is 43.6 Å². The van der Waals surface area contributed by atoms with E-state index in [2.05, 4.69) is 34.0 Å². The average molecular weight is 370 g/mol. The van der Waals surface area contributed by atoms with Crippen molar-refractivity contribution in [2.45, 2.75) is 38.5 Å². The van der Waals surface area contributed by atoms with Crippen molar-refractivity contribution in [1.29, 1.82) is 0 Å². The van der Waals surface area contributed by atoms with E-state index in [0.717, 1.165) is 43.8 Å². The van der Waals surface area contributed by atoms with Crippen LogP contribution >= 0.6 is 0 Å². The van der Waals surface area contributed by atoms with Gasteiger partial charge in [0, 0.05) is 31.5 Å². The molecule has 1 aromatic heterocycles. The van der Waals surface area contributed by atoms with Gasteiger partial charge >= 0.3 is 0 Å². The van der Waals surface area contributed by atoms with Crippen LogP contribution in [0.4, 0.5) is 0 Å². The quantitative estimate of drug-likeness (QED) is 0.775. The lowest BCUT2D eigenvalue weighted by molar-refractivity contribution is 0.0461. The topological polar surface area (TPSA) is 48.8 Å². The normalized spacial score (nSPS) is 17.2. The Morgan fingerprint density at radius 2 is 1.89 bits per heavy atom. The standard InChI is InChI=1S/C22H31N3O2/c1-18-5-3-4-6-22(18)27-17-21(26)16-24(2)20-9-13-25(14-10-20)15-19-7-11-23-12-8-19/h3-8,11-12,20-21,26H,9-10,13-17H2,1-2H3/t21-/m0/s1. The van der Waals surface area contributed by atoms with Crippen LogP contribution in [0.5, 0.6) is 5.75 Å². The molecule has 0 unspecified atom stereocenters. The van der Waals surface area contributed by atoms with E-state index in [9.17, 15) is 5.11 Å². The summed E-state index contributed by atoms with van der Waals surface area (Å²) >= 11 is 0. The molecule has 1 aromatic carbocycles. The molecule has 27 heavy (non-hydrogen) atoms. The van der Waals surface area contributed by atoms with Gasteiger partial charge in [-0.15, -0.1) is 0 Å². The molecule has 1 aliphatic rings. The Balaban J connectivity index is 1.38. The number of pyridine rings is 1. The van der Waals surface area contributed by atoms with E-state index in [1.165, 1.54) is 5.56 Å². The molecule has 5 heteroatoms. The van der Waals surface area contributed by atoms with Gasteiger partial charge in [-0.3, -0.25) is 9.88 Å². The summed E-state index contributed by atoms with van der Waals surface area (Å²) in [5.74, 6) is 0.851. The van der Waals surface area contributed by atoms with Crippen molar-refractivity contribution < 1.29 is 9.84 Å². The van der Waals surface area contributed by atoms with Crippen LogP contribution in [0.2, 0.25) is 0 Å². The average Bonchev–Trinajstić information content (AvgIpc) is 2.69. The van der Waals surface area contributed by atoms with Gasteiger partial charge in [-0.05, 0) is 69.2 Å². The fourth-order valence-corrected chi connectivity index (χ4v) is 3.70. The molecular weight excluding hydrogens is 338 g/mol. The lowest BCUT2D eigenvalue weighted by Crippen LogP contribution is -2.46. The fraction of sp³-hybridized carbons (Fsp3) is 0.500. The first-order valence-electron chi connectivity index (χ1n) is 9.80. The van der Waals surface area contributed by atoms with E-state index in [0.29, 0.717) is 19.2 Å². The number of hydrogen-bond donors (Lipinski definition) is 1. The minimum Gasteiger partial charge on any atom is -0.491 e. The van der Waals surface area contributed by atoms with Crippen molar-refractivity contribution in [2.24, 2.45) is 0 Å². The molecule has 1 atom stereocenters. The van der Waals surface area contributed by atoms with Gasteiger partial charge in [-0.1, -0.05) is 18.2 Å². The summed E-state index contributed by atoms with van der Waals surface area (Å²) in [5, 5.41) is 10.4. The number of ether oxygens (including phenoxy) is 1. The molecular formula is C22H31N3O2. The van der Waals surface area contributed by atoms with Crippen molar-refractivity contribution in [2.75, 3.05) is 33.3 Å². The number of hydrogen-bond acceptors (Lipinski definition) is 5. The third kappa shape index (κ3) is 6.03. The first-order valence-corrected chi connectivity index (χ1v) is 9.80. The summed E-state index contributed by atoms with van der Waals surface area (Å²) in [4.78, 5) is 8.87. The number of aryl methyl sites for hydroxylation is 1. The number of likely N-dealkylation sites (tertiary alicyclic amines) is 1. The van der Waals surface area contributed by atoms with Gasteiger partial charge in [0.1, 0.15) is 18.5 Å². The Morgan fingerprint density at radius 3 is 2.59 bits per heavy atom.